The molecule has 5 nitrogen and oxygen atoms in total. The Morgan fingerprint density at radius 3 is 2.38 bits per heavy atom. The molecule has 0 aliphatic rings. The number of carbonyl (C=O) groups is 2. The molecule has 21 heavy (non-hydrogen) atoms. The van der Waals surface area contributed by atoms with Crippen molar-refractivity contribution in [1.82, 2.24) is 5.32 Å². The molecule has 0 heterocycles. The number of hydrogen-bond donors (Lipinski definition) is 3. The minimum Gasteiger partial charge on any atom is -0.507 e. The van der Waals surface area contributed by atoms with Crippen molar-refractivity contribution in [2.24, 2.45) is 0 Å². The largest absolute Gasteiger partial charge is 0.507 e. The first-order valence-electron chi connectivity index (χ1n) is 6.06. The van der Waals surface area contributed by atoms with Crippen LogP contribution in [-0.4, -0.2) is 22.1 Å². The second kappa shape index (κ2) is 6.57. The summed E-state index contributed by atoms with van der Waals surface area (Å²) in [5, 5.41) is 21.4. The first kappa shape index (κ1) is 15.3. The molecule has 0 bridgehead atoms. The molecule has 3 N–H and O–H groups in total. The van der Waals surface area contributed by atoms with Gasteiger partial charge < -0.3 is 15.5 Å². The van der Waals surface area contributed by atoms with E-state index in [2.05, 4.69) is 5.32 Å². The van der Waals surface area contributed by atoms with Crippen LogP contribution in [0.5, 0.6) is 5.75 Å². The van der Waals surface area contributed by atoms with Crippen LogP contribution < -0.4 is 5.32 Å². The summed E-state index contributed by atoms with van der Waals surface area (Å²) in [6.45, 7) is 0. The van der Waals surface area contributed by atoms with Gasteiger partial charge >= 0.3 is 5.97 Å². The fourth-order valence-electron chi connectivity index (χ4n) is 1.83. The van der Waals surface area contributed by atoms with Crippen LogP contribution in [0.25, 0.3) is 0 Å². The van der Waals surface area contributed by atoms with Crippen LogP contribution in [0.2, 0.25) is 0 Å². The van der Waals surface area contributed by atoms with Gasteiger partial charge in [0.2, 0.25) is 0 Å². The summed E-state index contributed by atoms with van der Waals surface area (Å²) in [6.07, 6.45) is 0. The molecule has 0 aromatic heterocycles. The summed E-state index contributed by atoms with van der Waals surface area (Å²) in [6, 6.07) is 11.8. The molecule has 2 aromatic rings. The number of carbonyl (C=O) groups excluding carboxylic acids is 1. The van der Waals surface area contributed by atoms with E-state index in [0.717, 1.165) is 3.57 Å². The van der Waals surface area contributed by atoms with Crippen LogP contribution in [0.1, 0.15) is 22.0 Å². The Hall–Kier alpha value is -2.09. The summed E-state index contributed by atoms with van der Waals surface area (Å²) in [5.74, 6) is -1.99. The number of halogens is 1. The lowest BCUT2D eigenvalue weighted by Gasteiger charge is -2.15. The number of nitrogens with one attached hydrogen (secondary N) is 1. The number of amides is 1. The molecule has 0 spiro atoms. The summed E-state index contributed by atoms with van der Waals surface area (Å²) in [5.41, 5.74) is 0.507. The van der Waals surface area contributed by atoms with E-state index in [1.165, 1.54) is 12.1 Å². The van der Waals surface area contributed by atoms with Gasteiger partial charge in [0, 0.05) is 3.57 Å². The summed E-state index contributed by atoms with van der Waals surface area (Å²) < 4.78 is 0.766. The molecule has 0 radical (unpaired) electrons. The Balaban J connectivity index is 2.27. The maximum atomic E-state index is 12.2. The lowest BCUT2D eigenvalue weighted by molar-refractivity contribution is -0.139. The van der Waals surface area contributed by atoms with Gasteiger partial charge in [-0.25, -0.2) is 4.79 Å². The molecule has 1 amide bonds. The zero-order valence-electron chi connectivity index (χ0n) is 10.8. The van der Waals surface area contributed by atoms with E-state index in [0.29, 0.717) is 5.56 Å². The molecule has 6 heteroatoms. The monoisotopic (exact) mass is 397 g/mol. The molecule has 0 saturated carbocycles. The van der Waals surface area contributed by atoms with Crippen molar-refractivity contribution in [3.8, 4) is 5.75 Å². The molecule has 0 fully saturated rings. The van der Waals surface area contributed by atoms with Crippen molar-refractivity contribution < 1.29 is 19.8 Å². The Morgan fingerprint density at radius 1 is 1.10 bits per heavy atom. The highest BCUT2D eigenvalue weighted by molar-refractivity contribution is 14.1. The maximum Gasteiger partial charge on any atom is 0.330 e. The second-order valence-corrected chi connectivity index (χ2v) is 5.56. The van der Waals surface area contributed by atoms with Crippen LogP contribution in [0.15, 0.2) is 48.5 Å². The van der Waals surface area contributed by atoms with E-state index < -0.39 is 17.9 Å². The normalized spacial score (nSPS) is 11.7. The van der Waals surface area contributed by atoms with Gasteiger partial charge in [0.05, 0.1) is 5.56 Å². The van der Waals surface area contributed by atoms with Crippen LogP contribution in [0, 0.1) is 3.57 Å². The van der Waals surface area contributed by atoms with E-state index in [1.54, 1.807) is 36.4 Å². The first-order valence-corrected chi connectivity index (χ1v) is 7.14. The number of aromatic hydroxyl groups is 1. The Bertz CT molecular complexity index is 673. The number of carboxylic acid groups (broad SMARTS) is 1. The Labute approximate surface area is 134 Å². The van der Waals surface area contributed by atoms with Crippen LogP contribution in [0.3, 0.4) is 0 Å². The highest BCUT2D eigenvalue weighted by atomic mass is 127. The molecule has 0 aliphatic heterocycles. The number of aliphatic carboxylic acids is 1. The number of benzene rings is 2. The lowest BCUT2D eigenvalue weighted by Crippen LogP contribution is -2.33. The quantitative estimate of drug-likeness (QED) is 0.693. The van der Waals surface area contributed by atoms with E-state index in [1.807, 2.05) is 22.6 Å². The maximum absolute atomic E-state index is 12.2. The minimum absolute atomic E-state index is 0.0454. The molecule has 2 aromatic carbocycles. The number of hydrogen-bond acceptors (Lipinski definition) is 3. The molecule has 0 aliphatic carbocycles. The van der Waals surface area contributed by atoms with Gasteiger partial charge in [-0.05, 0) is 46.4 Å². The molecular weight excluding hydrogens is 385 g/mol. The Kier molecular flexibility index (Phi) is 4.79. The average molecular weight is 397 g/mol. The number of carboxylic acids is 1. The third kappa shape index (κ3) is 3.72. The predicted molar refractivity (Wildman–Crippen MR) is 85.1 cm³/mol. The summed E-state index contributed by atoms with van der Waals surface area (Å²) in [7, 11) is 0. The highest BCUT2D eigenvalue weighted by Crippen LogP contribution is 2.21. The zero-order valence-corrected chi connectivity index (χ0v) is 12.9. The zero-order chi connectivity index (χ0) is 15.4. The topological polar surface area (TPSA) is 86.6 Å². The summed E-state index contributed by atoms with van der Waals surface area (Å²) >= 11 is 2.01. The molecule has 0 saturated heterocycles. The van der Waals surface area contributed by atoms with Crippen molar-refractivity contribution in [2.45, 2.75) is 6.04 Å². The van der Waals surface area contributed by atoms with Crippen LogP contribution in [-0.2, 0) is 4.79 Å². The smallest absolute Gasteiger partial charge is 0.330 e. The van der Waals surface area contributed by atoms with Gasteiger partial charge in [0.15, 0.2) is 6.04 Å². The van der Waals surface area contributed by atoms with Crippen molar-refractivity contribution in [3.05, 3.63) is 63.2 Å². The second-order valence-electron chi connectivity index (χ2n) is 4.32. The molecule has 0 unspecified atom stereocenters. The predicted octanol–water partition coefficient (Wildman–Crippen LogP) is 2.55. The molecule has 1 atom stereocenters. The molecule has 2 rings (SSSR count). The average Bonchev–Trinajstić information content (AvgIpc) is 2.47. The third-order valence-electron chi connectivity index (χ3n) is 2.86. The van der Waals surface area contributed by atoms with Gasteiger partial charge in [0.1, 0.15) is 5.75 Å². The SMILES string of the molecule is O=C(N[C@H](C(=O)O)c1ccccc1)c1cc(I)ccc1O. The van der Waals surface area contributed by atoms with Crippen molar-refractivity contribution >= 4 is 34.5 Å². The lowest BCUT2D eigenvalue weighted by atomic mass is 10.1. The van der Waals surface area contributed by atoms with Crippen molar-refractivity contribution in [1.29, 1.82) is 0 Å². The number of phenolic OH excluding ortho intramolecular Hbond substituents is 1. The minimum atomic E-state index is -1.17. The number of rotatable bonds is 4. The van der Waals surface area contributed by atoms with Crippen LogP contribution >= 0.6 is 22.6 Å². The molecule has 108 valence electrons. The first-order chi connectivity index (χ1) is 9.99. The Morgan fingerprint density at radius 2 is 1.76 bits per heavy atom. The fraction of sp³-hybridized carbons (Fsp3) is 0.0667. The summed E-state index contributed by atoms with van der Waals surface area (Å²) in [4.78, 5) is 23.5. The highest BCUT2D eigenvalue weighted by Gasteiger charge is 2.23. The molecular formula is C15H12INO4. The van der Waals surface area contributed by atoms with E-state index in [-0.39, 0.29) is 11.3 Å². The van der Waals surface area contributed by atoms with Gasteiger partial charge in [-0.15, -0.1) is 0 Å². The van der Waals surface area contributed by atoms with Gasteiger partial charge in [-0.3, -0.25) is 4.79 Å². The standard InChI is InChI=1S/C15H12INO4/c16-10-6-7-12(18)11(8-10)14(19)17-13(15(20)21)9-4-2-1-3-5-9/h1-8,13,18H,(H,17,19)(H,20,21)/t13-/m0/s1. The van der Waals surface area contributed by atoms with E-state index in [4.69, 9.17) is 0 Å². The van der Waals surface area contributed by atoms with Gasteiger partial charge in [-0.2, -0.15) is 0 Å². The van der Waals surface area contributed by atoms with Crippen molar-refractivity contribution in [3.63, 3.8) is 0 Å². The van der Waals surface area contributed by atoms with Gasteiger partial charge in [0.25, 0.3) is 5.91 Å². The third-order valence-corrected chi connectivity index (χ3v) is 3.53. The van der Waals surface area contributed by atoms with E-state index >= 15 is 0 Å². The van der Waals surface area contributed by atoms with Gasteiger partial charge in [-0.1, -0.05) is 30.3 Å². The number of phenols is 1. The van der Waals surface area contributed by atoms with Crippen LogP contribution in [0.4, 0.5) is 0 Å². The fourth-order valence-corrected chi connectivity index (χ4v) is 2.32. The van der Waals surface area contributed by atoms with E-state index in [9.17, 15) is 19.8 Å². The van der Waals surface area contributed by atoms with Crippen molar-refractivity contribution in [2.75, 3.05) is 0 Å².